The number of benzene rings is 1. The molecule has 1 heterocycles. The van der Waals surface area contributed by atoms with Crippen LogP contribution in [0.3, 0.4) is 0 Å². The van der Waals surface area contributed by atoms with E-state index in [1.165, 1.54) is 23.1 Å². The lowest BCUT2D eigenvalue weighted by molar-refractivity contribution is 0.0990. The monoisotopic (exact) mass is 234 g/mol. The summed E-state index contributed by atoms with van der Waals surface area (Å²) in [5, 5.41) is 3.85. The van der Waals surface area contributed by atoms with Crippen molar-refractivity contribution >= 4 is 11.5 Å². The molecule has 2 aromatic rings. The number of ketones is 1. The van der Waals surface area contributed by atoms with Gasteiger partial charge >= 0.3 is 0 Å². The van der Waals surface area contributed by atoms with Gasteiger partial charge in [-0.05, 0) is 18.2 Å². The van der Waals surface area contributed by atoms with Crippen LogP contribution in [-0.2, 0) is 13.5 Å². The molecule has 88 valence electrons. The van der Waals surface area contributed by atoms with Crippen LogP contribution < -0.4 is 5.73 Å². The second-order valence-electron chi connectivity index (χ2n) is 3.63. The van der Waals surface area contributed by atoms with Gasteiger partial charge in [0, 0.05) is 18.3 Å². The van der Waals surface area contributed by atoms with E-state index in [0.29, 0.717) is 5.82 Å². The molecule has 0 unspecified atom stereocenters. The molecule has 0 fully saturated rings. The number of nitrogens with two attached hydrogens (primary N) is 1. The average molecular weight is 234 g/mol. The van der Waals surface area contributed by atoms with E-state index in [0.717, 1.165) is 6.07 Å². The highest BCUT2D eigenvalue weighted by Crippen LogP contribution is 2.15. The summed E-state index contributed by atoms with van der Waals surface area (Å²) in [7, 11) is 1.69. The van der Waals surface area contributed by atoms with Crippen LogP contribution in [0.1, 0.15) is 16.2 Å². The quantitative estimate of drug-likeness (QED) is 0.634. The first-order valence-corrected chi connectivity index (χ1v) is 4.99. The van der Waals surface area contributed by atoms with Crippen LogP contribution in [0.4, 0.5) is 10.1 Å². The van der Waals surface area contributed by atoms with Gasteiger partial charge in [0.1, 0.15) is 18.0 Å². The fourth-order valence-corrected chi connectivity index (χ4v) is 1.49. The third-order valence-corrected chi connectivity index (χ3v) is 2.44. The number of Topliss-reactive ketones (excluding diaryl/α,β-unsaturated/α-hetero) is 1. The number of carbonyl (C=O) groups excluding carboxylic acids is 1. The lowest BCUT2D eigenvalue weighted by Crippen LogP contribution is -2.11. The third kappa shape index (κ3) is 2.30. The molecule has 0 aliphatic rings. The van der Waals surface area contributed by atoms with Crippen molar-refractivity contribution in [2.75, 3.05) is 5.73 Å². The summed E-state index contributed by atoms with van der Waals surface area (Å²) in [6.45, 7) is 0. The van der Waals surface area contributed by atoms with Gasteiger partial charge in [0.15, 0.2) is 5.78 Å². The Balaban J connectivity index is 2.26. The van der Waals surface area contributed by atoms with Gasteiger partial charge in [-0.2, -0.15) is 5.10 Å². The van der Waals surface area contributed by atoms with Crippen LogP contribution in [-0.4, -0.2) is 20.5 Å². The molecule has 5 nitrogen and oxygen atoms in total. The second kappa shape index (κ2) is 4.32. The van der Waals surface area contributed by atoms with Crippen molar-refractivity contribution < 1.29 is 9.18 Å². The van der Waals surface area contributed by atoms with Gasteiger partial charge in [-0.1, -0.05) is 0 Å². The molecule has 0 bridgehead atoms. The van der Waals surface area contributed by atoms with E-state index in [4.69, 9.17) is 5.73 Å². The van der Waals surface area contributed by atoms with Crippen molar-refractivity contribution in [1.29, 1.82) is 0 Å². The molecular weight excluding hydrogens is 223 g/mol. The fourth-order valence-electron chi connectivity index (χ4n) is 1.49. The Hall–Kier alpha value is -2.24. The Bertz CT molecular complexity index is 564. The Labute approximate surface area is 97.1 Å². The highest BCUT2D eigenvalue weighted by Gasteiger charge is 2.14. The predicted octanol–water partition coefficient (Wildman–Crippen LogP) is 0.962. The van der Waals surface area contributed by atoms with E-state index in [1.54, 1.807) is 7.05 Å². The Morgan fingerprint density at radius 2 is 2.29 bits per heavy atom. The SMILES string of the molecule is Cn1ncnc1CC(=O)c1cc(F)ccc1N. The lowest BCUT2D eigenvalue weighted by Gasteiger charge is -2.04. The van der Waals surface area contributed by atoms with Crippen molar-refractivity contribution in [3.63, 3.8) is 0 Å². The smallest absolute Gasteiger partial charge is 0.172 e. The van der Waals surface area contributed by atoms with Gasteiger partial charge < -0.3 is 5.73 Å². The van der Waals surface area contributed by atoms with E-state index in [9.17, 15) is 9.18 Å². The maximum Gasteiger partial charge on any atom is 0.172 e. The molecule has 17 heavy (non-hydrogen) atoms. The minimum Gasteiger partial charge on any atom is -0.398 e. The number of nitrogen functional groups attached to an aromatic ring is 1. The summed E-state index contributed by atoms with van der Waals surface area (Å²) in [5.41, 5.74) is 6.06. The van der Waals surface area contributed by atoms with Crippen LogP contribution in [0.5, 0.6) is 0 Å². The molecule has 2 rings (SSSR count). The third-order valence-electron chi connectivity index (χ3n) is 2.44. The van der Waals surface area contributed by atoms with Gasteiger partial charge in [0.25, 0.3) is 0 Å². The molecule has 1 aromatic carbocycles. The first-order chi connectivity index (χ1) is 8.08. The van der Waals surface area contributed by atoms with Gasteiger partial charge in [-0.3, -0.25) is 9.48 Å². The van der Waals surface area contributed by atoms with E-state index < -0.39 is 5.82 Å². The molecule has 6 heteroatoms. The second-order valence-corrected chi connectivity index (χ2v) is 3.63. The zero-order valence-corrected chi connectivity index (χ0v) is 9.22. The first kappa shape index (κ1) is 11.3. The Morgan fingerprint density at radius 1 is 1.53 bits per heavy atom. The molecule has 0 radical (unpaired) electrons. The molecule has 0 saturated heterocycles. The zero-order valence-electron chi connectivity index (χ0n) is 9.22. The largest absolute Gasteiger partial charge is 0.398 e. The fraction of sp³-hybridized carbons (Fsp3) is 0.182. The zero-order chi connectivity index (χ0) is 12.4. The number of hydrogen-bond acceptors (Lipinski definition) is 4. The first-order valence-electron chi connectivity index (χ1n) is 4.99. The summed E-state index contributed by atoms with van der Waals surface area (Å²) >= 11 is 0. The van der Waals surface area contributed by atoms with Crippen LogP contribution >= 0.6 is 0 Å². The van der Waals surface area contributed by atoms with Crippen molar-refractivity contribution in [2.24, 2.45) is 7.05 Å². The predicted molar refractivity (Wildman–Crippen MR) is 59.8 cm³/mol. The molecule has 0 saturated carbocycles. The maximum atomic E-state index is 13.0. The average Bonchev–Trinajstić information content (AvgIpc) is 2.68. The van der Waals surface area contributed by atoms with Crippen molar-refractivity contribution in [3.8, 4) is 0 Å². The highest BCUT2D eigenvalue weighted by atomic mass is 19.1. The molecule has 0 spiro atoms. The number of rotatable bonds is 3. The number of halogens is 1. The van der Waals surface area contributed by atoms with Crippen molar-refractivity contribution in [3.05, 3.63) is 41.7 Å². The summed E-state index contributed by atoms with van der Waals surface area (Å²) < 4.78 is 14.5. The number of anilines is 1. The lowest BCUT2D eigenvalue weighted by atomic mass is 10.1. The van der Waals surface area contributed by atoms with Crippen molar-refractivity contribution in [1.82, 2.24) is 14.8 Å². The topological polar surface area (TPSA) is 73.8 Å². The number of carbonyl (C=O) groups is 1. The van der Waals surface area contributed by atoms with E-state index in [1.807, 2.05) is 0 Å². The number of hydrogen-bond donors (Lipinski definition) is 1. The summed E-state index contributed by atoms with van der Waals surface area (Å²) in [5.74, 6) is -0.253. The van der Waals surface area contributed by atoms with Crippen LogP contribution in [0.15, 0.2) is 24.5 Å². The minimum absolute atomic E-state index is 0.0458. The number of aryl methyl sites for hydroxylation is 1. The van der Waals surface area contributed by atoms with E-state index in [2.05, 4.69) is 10.1 Å². The number of nitrogens with zero attached hydrogens (tertiary/aromatic N) is 3. The molecule has 0 atom stereocenters. The molecule has 1 aromatic heterocycles. The van der Waals surface area contributed by atoms with Crippen LogP contribution in [0, 0.1) is 5.82 Å². The summed E-state index contributed by atoms with van der Waals surface area (Å²) in [4.78, 5) is 15.8. The van der Waals surface area contributed by atoms with E-state index >= 15 is 0 Å². The molecule has 2 N–H and O–H groups in total. The van der Waals surface area contributed by atoms with E-state index in [-0.39, 0.29) is 23.5 Å². The van der Waals surface area contributed by atoms with Crippen molar-refractivity contribution in [2.45, 2.75) is 6.42 Å². The number of aromatic nitrogens is 3. The Kier molecular flexibility index (Phi) is 2.86. The maximum absolute atomic E-state index is 13.0. The van der Waals surface area contributed by atoms with Gasteiger partial charge in [-0.25, -0.2) is 9.37 Å². The molecule has 0 aliphatic heterocycles. The summed E-state index contributed by atoms with van der Waals surface area (Å²) in [6.07, 6.45) is 1.40. The molecule has 0 amide bonds. The highest BCUT2D eigenvalue weighted by molar-refractivity contribution is 6.01. The van der Waals surface area contributed by atoms with Gasteiger partial charge in [-0.15, -0.1) is 0 Å². The summed E-state index contributed by atoms with van der Waals surface area (Å²) in [6, 6.07) is 3.72. The Morgan fingerprint density at radius 3 is 2.94 bits per heavy atom. The van der Waals surface area contributed by atoms with Gasteiger partial charge in [0.05, 0.1) is 6.42 Å². The van der Waals surface area contributed by atoms with Crippen LogP contribution in [0.2, 0.25) is 0 Å². The normalized spacial score (nSPS) is 10.5. The minimum atomic E-state index is -0.486. The standard InChI is InChI=1S/C11H11FN4O/c1-16-11(14-6-15-16)5-10(17)8-4-7(12)2-3-9(8)13/h2-4,6H,5,13H2,1H3. The van der Waals surface area contributed by atoms with Gasteiger partial charge in [0.2, 0.25) is 0 Å². The molecule has 0 aliphatic carbocycles. The van der Waals surface area contributed by atoms with Crippen LogP contribution in [0.25, 0.3) is 0 Å². The molecular formula is C11H11FN4O.